The molecule has 4 nitrogen and oxygen atoms in total. The van der Waals surface area contributed by atoms with Crippen molar-refractivity contribution >= 4 is 11.3 Å². The molecule has 5 heteroatoms. The van der Waals surface area contributed by atoms with E-state index in [0.717, 1.165) is 23.5 Å². The molecule has 2 heterocycles. The average Bonchev–Trinajstić information content (AvgIpc) is 3.17. The highest BCUT2D eigenvalue weighted by atomic mass is 32.1. The summed E-state index contributed by atoms with van der Waals surface area (Å²) in [6.07, 6.45) is 0.809. The third kappa shape index (κ3) is 2.96. The molecule has 0 aliphatic carbocycles. The van der Waals surface area contributed by atoms with E-state index in [1.165, 1.54) is 10.4 Å². The first kappa shape index (κ1) is 14.9. The summed E-state index contributed by atoms with van der Waals surface area (Å²) in [7, 11) is 0. The van der Waals surface area contributed by atoms with Gasteiger partial charge in [-0.3, -0.25) is 0 Å². The fourth-order valence-electron chi connectivity index (χ4n) is 2.45. The summed E-state index contributed by atoms with van der Waals surface area (Å²) < 4.78 is 1.91. The normalized spacial score (nSPS) is 11.3. The molecule has 0 bridgehead atoms. The fraction of sp³-hybridized carbons (Fsp3) is 0.294. The number of rotatable bonds is 5. The largest absolute Gasteiger partial charge is 0.325 e. The molecule has 3 aromatic rings. The second-order valence-electron chi connectivity index (χ2n) is 5.60. The van der Waals surface area contributed by atoms with Crippen LogP contribution in [-0.4, -0.2) is 15.0 Å². The Hall–Kier alpha value is -1.98. The van der Waals surface area contributed by atoms with Gasteiger partial charge in [0.25, 0.3) is 0 Å². The number of nitrogens with zero attached hydrogens (tertiary/aromatic N) is 3. The van der Waals surface area contributed by atoms with Crippen molar-refractivity contribution in [3.05, 3.63) is 63.6 Å². The van der Waals surface area contributed by atoms with E-state index in [1.807, 2.05) is 4.68 Å². The molecule has 0 saturated heterocycles. The Labute approximate surface area is 134 Å². The summed E-state index contributed by atoms with van der Waals surface area (Å²) in [5, 5.41) is 10.6. The van der Waals surface area contributed by atoms with Gasteiger partial charge in [-0.15, -0.1) is 16.4 Å². The second kappa shape index (κ2) is 6.42. The number of hydrogen-bond donors (Lipinski definition) is 1. The zero-order valence-electron chi connectivity index (χ0n) is 12.9. The monoisotopic (exact) mass is 312 g/mol. The van der Waals surface area contributed by atoms with E-state index < -0.39 is 0 Å². The number of hydrogen-bond acceptors (Lipinski definition) is 4. The molecule has 1 aromatic carbocycles. The molecular formula is C17H20N4S. The van der Waals surface area contributed by atoms with Gasteiger partial charge in [-0.1, -0.05) is 37.3 Å². The van der Waals surface area contributed by atoms with Crippen LogP contribution in [0, 0.1) is 0 Å². The molecule has 0 aliphatic rings. The Morgan fingerprint density at radius 3 is 2.55 bits per heavy atom. The molecule has 22 heavy (non-hydrogen) atoms. The van der Waals surface area contributed by atoms with E-state index in [1.54, 1.807) is 11.3 Å². The van der Waals surface area contributed by atoms with Gasteiger partial charge in [-0.25, -0.2) is 4.68 Å². The zero-order chi connectivity index (χ0) is 15.5. The van der Waals surface area contributed by atoms with E-state index in [0.29, 0.717) is 12.5 Å². The summed E-state index contributed by atoms with van der Waals surface area (Å²) in [4.78, 5) is 1.29. The van der Waals surface area contributed by atoms with Crippen molar-refractivity contribution in [1.29, 1.82) is 0 Å². The van der Waals surface area contributed by atoms with Gasteiger partial charge in [0.05, 0.1) is 11.4 Å². The molecule has 0 atom stereocenters. The van der Waals surface area contributed by atoms with E-state index in [9.17, 15) is 0 Å². The van der Waals surface area contributed by atoms with Crippen molar-refractivity contribution in [3.8, 4) is 5.69 Å². The first-order valence-corrected chi connectivity index (χ1v) is 8.33. The van der Waals surface area contributed by atoms with Crippen molar-refractivity contribution in [3.63, 3.8) is 0 Å². The molecule has 2 N–H and O–H groups in total. The third-order valence-corrected chi connectivity index (χ3v) is 4.64. The molecule has 114 valence electrons. The lowest BCUT2D eigenvalue weighted by molar-refractivity contribution is 0.771. The minimum absolute atomic E-state index is 0.408. The van der Waals surface area contributed by atoms with Crippen molar-refractivity contribution in [2.45, 2.75) is 32.7 Å². The van der Waals surface area contributed by atoms with Crippen LogP contribution in [0.25, 0.3) is 5.69 Å². The van der Waals surface area contributed by atoms with E-state index in [4.69, 9.17) is 5.73 Å². The van der Waals surface area contributed by atoms with Crippen LogP contribution in [0.3, 0.4) is 0 Å². The number of nitrogens with two attached hydrogens (primary N) is 1. The molecule has 0 fully saturated rings. The molecule has 0 radical (unpaired) electrons. The summed E-state index contributed by atoms with van der Waals surface area (Å²) in [5.74, 6) is 0.523. The minimum Gasteiger partial charge on any atom is -0.325 e. The van der Waals surface area contributed by atoms with Crippen LogP contribution in [0.5, 0.6) is 0 Å². The lowest BCUT2D eigenvalue weighted by atomic mass is 10.0. The number of benzene rings is 1. The Bertz CT molecular complexity index is 727. The topological polar surface area (TPSA) is 56.7 Å². The third-order valence-electron chi connectivity index (χ3n) is 3.76. The highest BCUT2D eigenvalue weighted by molar-refractivity contribution is 7.09. The van der Waals surface area contributed by atoms with Gasteiger partial charge in [-0.2, -0.15) is 0 Å². The van der Waals surface area contributed by atoms with Crippen molar-refractivity contribution in [2.75, 3.05) is 0 Å². The predicted octanol–water partition coefficient (Wildman–Crippen LogP) is 3.50. The second-order valence-corrected chi connectivity index (χ2v) is 6.63. The van der Waals surface area contributed by atoms with Gasteiger partial charge in [-0.05, 0) is 35.1 Å². The molecule has 3 rings (SSSR count). The van der Waals surface area contributed by atoms with Crippen LogP contribution < -0.4 is 5.73 Å². The van der Waals surface area contributed by atoms with E-state index >= 15 is 0 Å². The van der Waals surface area contributed by atoms with Crippen LogP contribution in [-0.2, 0) is 13.0 Å². The van der Waals surface area contributed by atoms with Gasteiger partial charge in [0.15, 0.2) is 0 Å². The number of aromatic nitrogens is 3. The average molecular weight is 312 g/mol. The standard InChI is InChI=1S/C17H20N4S/c1-12(2)13-5-7-14(8-6-13)21-17(16(11-18)19-20-21)10-15-4-3-9-22-15/h3-9,12H,10-11,18H2,1-2H3. The van der Waals surface area contributed by atoms with Crippen molar-refractivity contribution in [2.24, 2.45) is 5.73 Å². The van der Waals surface area contributed by atoms with Gasteiger partial charge < -0.3 is 5.73 Å². The Morgan fingerprint density at radius 1 is 1.18 bits per heavy atom. The molecule has 0 unspecified atom stereocenters. The quantitative estimate of drug-likeness (QED) is 0.784. The van der Waals surface area contributed by atoms with Crippen molar-refractivity contribution < 1.29 is 0 Å². The maximum atomic E-state index is 5.82. The maximum absolute atomic E-state index is 5.82. The maximum Gasteiger partial charge on any atom is 0.100 e. The molecule has 0 aliphatic heterocycles. The van der Waals surface area contributed by atoms with Crippen LogP contribution in [0.15, 0.2) is 41.8 Å². The highest BCUT2D eigenvalue weighted by Crippen LogP contribution is 2.21. The molecule has 0 saturated carbocycles. The lowest BCUT2D eigenvalue weighted by Gasteiger charge is -2.09. The van der Waals surface area contributed by atoms with E-state index in [2.05, 4.69) is 65.9 Å². The predicted molar refractivity (Wildman–Crippen MR) is 90.5 cm³/mol. The Kier molecular flexibility index (Phi) is 4.36. The SMILES string of the molecule is CC(C)c1ccc(-n2nnc(CN)c2Cc2cccs2)cc1. The minimum atomic E-state index is 0.408. The van der Waals surface area contributed by atoms with Gasteiger partial charge in [0.1, 0.15) is 5.69 Å². The molecular weight excluding hydrogens is 292 g/mol. The van der Waals surface area contributed by atoms with Gasteiger partial charge >= 0.3 is 0 Å². The molecule has 0 spiro atoms. The summed E-state index contributed by atoms with van der Waals surface area (Å²) in [6.45, 7) is 4.79. The van der Waals surface area contributed by atoms with Crippen LogP contribution in [0.1, 0.15) is 41.6 Å². The summed E-state index contributed by atoms with van der Waals surface area (Å²) in [6, 6.07) is 12.7. The van der Waals surface area contributed by atoms with Gasteiger partial charge in [0.2, 0.25) is 0 Å². The first-order chi connectivity index (χ1) is 10.7. The molecule has 2 aromatic heterocycles. The van der Waals surface area contributed by atoms with Crippen molar-refractivity contribution in [1.82, 2.24) is 15.0 Å². The van der Waals surface area contributed by atoms with E-state index in [-0.39, 0.29) is 0 Å². The first-order valence-electron chi connectivity index (χ1n) is 7.45. The smallest absolute Gasteiger partial charge is 0.100 e. The van der Waals surface area contributed by atoms with Crippen LogP contribution in [0.4, 0.5) is 0 Å². The summed E-state index contributed by atoms with van der Waals surface area (Å²) >= 11 is 1.74. The Balaban J connectivity index is 1.97. The molecule has 0 amide bonds. The van der Waals surface area contributed by atoms with Gasteiger partial charge in [0, 0.05) is 17.8 Å². The Morgan fingerprint density at radius 2 is 1.95 bits per heavy atom. The lowest BCUT2D eigenvalue weighted by Crippen LogP contribution is -2.06. The highest BCUT2D eigenvalue weighted by Gasteiger charge is 2.14. The van der Waals surface area contributed by atoms with Crippen LogP contribution in [0.2, 0.25) is 0 Å². The zero-order valence-corrected chi connectivity index (χ0v) is 13.7. The summed E-state index contributed by atoms with van der Waals surface area (Å²) in [5.41, 5.74) is 10.1. The fourth-order valence-corrected chi connectivity index (χ4v) is 3.16. The number of thiophene rings is 1. The van der Waals surface area contributed by atoms with Crippen LogP contribution >= 0.6 is 11.3 Å².